The van der Waals surface area contributed by atoms with E-state index >= 15 is 0 Å². The number of carbonyl (C=O) groups excluding carboxylic acids is 1. The lowest BCUT2D eigenvalue weighted by Gasteiger charge is -2.07. The third kappa shape index (κ3) is 3.57. The van der Waals surface area contributed by atoms with E-state index in [1.165, 1.54) is 23.5 Å². The summed E-state index contributed by atoms with van der Waals surface area (Å²) in [5.41, 5.74) is -0.315. The van der Waals surface area contributed by atoms with Gasteiger partial charge in [-0.1, -0.05) is 17.8 Å². The smallest absolute Gasteiger partial charge is 0.338 e. The maximum absolute atomic E-state index is 13.2. The van der Waals surface area contributed by atoms with Crippen LogP contribution in [0.15, 0.2) is 34.9 Å². The second-order valence-electron chi connectivity index (χ2n) is 5.32. The summed E-state index contributed by atoms with van der Waals surface area (Å²) in [6, 6.07) is 3.82. The van der Waals surface area contributed by atoms with Crippen LogP contribution in [-0.4, -0.2) is 36.8 Å². The number of carbonyl (C=O) groups is 1. The molecule has 3 heterocycles. The Morgan fingerprint density at radius 1 is 1.30 bits per heavy atom. The zero-order valence-electron chi connectivity index (χ0n) is 13.2. The van der Waals surface area contributed by atoms with Crippen molar-refractivity contribution in [3.8, 4) is 0 Å². The number of nitrogens with one attached hydrogen (secondary N) is 2. The van der Waals surface area contributed by atoms with Crippen molar-refractivity contribution < 1.29 is 18.0 Å². The van der Waals surface area contributed by atoms with Gasteiger partial charge in [-0.25, -0.2) is 9.97 Å². The average molecular weight is 410 g/mol. The minimum absolute atomic E-state index is 0.0147. The molecule has 12 heteroatoms. The fourth-order valence-electron chi connectivity index (χ4n) is 2.47. The van der Waals surface area contributed by atoms with Crippen LogP contribution in [-0.2, 0) is 11.0 Å². The number of thioether (sulfide) groups is 1. The van der Waals surface area contributed by atoms with Crippen LogP contribution in [0.3, 0.4) is 0 Å². The molecular formula is C15H9F3N6OS2. The number of hydrogen-bond donors (Lipinski definition) is 2. The number of aromatic amines is 1. The van der Waals surface area contributed by atoms with Gasteiger partial charge < -0.3 is 10.3 Å². The largest absolute Gasteiger partial charge is 0.417 e. The van der Waals surface area contributed by atoms with Gasteiger partial charge >= 0.3 is 6.18 Å². The van der Waals surface area contributed by atoms with Gasteiger partial charge in [-0.05, 0) is 12.1 Å². The Kier molecular flexibility index (Phi) is 4.44. The molecule has 1 aromatic carbocycles. The molecule has 0 atom stereocenters. The highest BCUT2D eigenvalue weighted by Gasteiger charge is 2.34. The van der Waals surface area contributed by atoms with Crippen molar-refractivity contribution in [1.82, 2.24) is 25.1 Å². The van der Waals surface area contributed by atoms with E-state index < -0.39 is 11.7 Å². The lowest BCUT2D eigenvalue weighted by Crippen LogP contribution is -2.14. The molecule has 4 rings (SSSR count). The number of thiazole rings is 1. The Hall–Kier alpha value is -2.73. The Labute approximate surface area is 157 Å². The standard InChI is InChI=1S/C15H9F3N6OS2/c16-15(17,18)7-2-1-3-8-10(7)11-12(20-8)22-14(24-23-11)27-6-9(25)21-13-19-4-5-26-13/h1-5H,6H2,(H,19,21,25)(H,20,22,24). The predicted octanol–water partition coefficient (Wildman–Crippen LogP) is 3.71. The second-order valence-corrected chi connectivity index (χ2v) is 7.15. The van der Waals surface area contributed by atoms with E-state index in [1.807, 2.05) is 0 Å². The quantitative estimate of drug-likeness (QED) is 0.498. The Bertz CT molecular complexity index is 1130. The van der Waals surface area contributed by atoms with E-state index in [4.69, 9.17) is 0 Å². The fourth-order valence-corrected chi connectivity index (χ4v) is 3.61. The number of benzene rings is 1. The molecule has 0 radical (unpaired) electrons. The number of alkyl halides is 3. The van der Waals surface area contributed by atoms with Gasteiger partial charge in [0.2, 0.25) is 11.1 Å². The van der Waals surface area contributed by atoms with Crippen molar-refractivity contribution >= 4 is 56.2 Å². The van der Waals surface area contributed by atoms with E-state index in [0.29, 0.717) is 5.13 Å². The van der Waals surface area contributed by atoms with E-state index in [-0.39, 0.29) is 38.9 Å². The Morgan fingerprint density at radius 3 is 2.89 bits per heavy atom. The topological polar surface area (TPSA) is 96.5 Å². The number of fused-ring (bicyclic) bond motifs is 3. The lowest BCUT2D eigenvalue weighted by atomic mass is 10.1. The van der Waals surface area contributed by atoms with Gasteiger partial charge in [0.15, 0.2) is 10.8 Å². The van der Waals surface area contributed by atoms with Gasteiger partial charge in [-0.3, -0.25) is 4.79 Å². The molecule has 0 fully saturated rings. The highest BCUT2D eigenvalue weighted by molar-refractivity contribution is 7.99. The number of aromatic nitrogens is 5. The predicted molar refractivity (Wildman–Crippen MR) is 95.7 cm³/mol. The van der Waals surface area contributed by atoms with Crippen LogP contribution in [0.5, 0.6) is 0 Å². The normalized spacial score (nSPS) is 12.0. The molecule has 1 amide bonds. The molecule has 4 aromatic rings. The SMILES string of the molecule is O=C(CSc1nnc2c(n1)[nH]c1cccc(C(F)(F)F)c12)Nc1nccs1. The van der Waals surface area contributed by atoms with Crippen LogP contribution in [0.25, 0.3) is 22.1 Å². The molecule has 7 nitrogen and oxygen atoms in total. The molecular weight excluding hydrogens is 401 g/mol. The minimum atomic E-state index is -4.52. The number of nitrogens with zero attached hydrogens (tertiary/aromatic N) is 4. The van der Waals surface area contributed by atoms with Gasteiger partial charge in [0.1, 0.15) is 5.52 Å². The van der Waals surface area contributed by atoms with Crippen LogP contribution in [0.2, 0.25) is 0 Å². The molecule has 0 aliphatic rings. The van der Waals surface area contributed by atoms with Crippen molar-refractivity contribution in [2.24, 2.45) is 0 Å². The second kappa shape index (κ2) is 6.78. The molecule has 3 aromatic heterocycles. The first kappa shape index (κ1) is 17.7. The molecule has 0 aliphatic carbocycles. The van der Waals surface area contributed by atoms with Crippen LogP contribution in [0, 0.1) is 0 Å². The first-order valence-corrected chi connectivity index (χ1v) is 9.33. The zero-order valence-corrected chi connectivity index (χ0v) is 14.9. The lowest BCUT2D eigenvalue weighted by molar-refractivity contribution is -0.136. The molecule has 0 spiro atoms. The summed E-state index contributed by atoms with van der Waals surface area (Å²) >= 11 is 2.31. The van der Waals surface area contributed by atoms with Crippen molar-refractivity contribution in [2.45, 2.75) is 11.3 Å². The van der Waals surface area contributed by atoms with Gasteiger partial charge in [-0.15, -0.1) is 21.5 Å². The van der Waals surface area contributed by atoms with E-state index in [9.17, 15) is 18.0 Å². The van der Waals surface area contributed by atoms with Gasteiger partial charge in [0.25, 0.3) is 0 Å². The van der Waals surface area contributed by atoms with Gasteiger partial charge in [0.05, 0.1) is 11.3 Å². The highest BCUT2D eigenvalue weighted by atomic mass is 32.2. The number of H-pyrrole nitrogens is 1. The molecule has 2 N–H and O–H groups in total. The summed E-state index contributed by atoms with van der Waals surface area (Å²) in [7, 11) is 0. The van der Waals surface area contributed by atoms with Crippen molar-refractivity contribution in [3.63, 3.8) is 0 Å². The monoisotopic (exact) mass is 410 g/mol. The highest BCUT2D eigenvalue weighted by Crippen LogP contribution is 2.37. The summed E-state index contributed by atoms with van der Waals surface area (Å²) in [6.07, 6.45) is -2.95. The summed E-state index contributed by atoms with van der Waals surface area (Å²) in [6.45, 7) is 0. The fraction of sp³-hybridized carbons (Fsp3) is 0.133. The first-order valence-electron chi connectivity index (χ1n) is 7.46. The van der Waals surface area contributed by atoms with Crippen LogP contribution < -0.4 is 5.32 Å². The molecule has 0 unspecified atom stereocenters. The van der Waals surface area contributed by atoms with Crippen LogP contribution in [0.4, 0.5) is 18.3 Å². The van der Waals surface area contributed by atoms with Gasteiger partial charge in [-0.2, -0.15) is 13.2 Å². The van der Waals surface area contributed by atoms with Crippen molar-refractivity contribution in [2.75, 3.05) is 11.1 Å². The van der Waals surface area contributed by atoms with Crippen molar-refractivity contribution in [3.05, 3.63) is 35.3 Å². The Morgan fingerprint density at radius 2 is 2.15 bits per heavy atom. The first-order chi connectivity index (χ1) is 12.9. The molecule has 0 saturated carbocycles. The number of rotatable bonds is 4. The molecule has 0 aliphatic heterocycles. The molecule has 138 valence electrons. The van der Waals surface area contributed by atoms with E-state index in [0.717, 1.165) is 17.8 Å². The number of amides is 1. The van der Waals surface area contributed by atoms with E-state index in [2.05, 4.69) is 30.5 Å². The molecule has 0 saturated heterocycles. The summed E-state index contributed by atoms with van der Waals surface area (Å²) in [5, 5.41) is 12.7. The Balaban J connectivity index is 1.59. The molecule has 0 bridgehead atoms. The maximum Gasteiger partial charge on any atom is 0.417 e. The minimum Gasteiger partial charge on any atom is -0.338 e. The van der Waals surface area contributed by atoms with Crippen LogP contribution >= 0.6 is 23.1 Å². The summed E-state index contributed by atoms with van der Waals surface area (Å²) < 4.78 is 39.7. The number of anilines is 1. The third-order valence-corrected chi connectivity index (χ3v) is 5.06. The zero-order chi connectivity index (χ0) is 19.0. The molecule has 27 heavy (non-hydrogen) atoms. The van der Waals surface area contributed by atoms with Gasteiger partial charge in [0, 0.05) is 22.5 Å². The summed E-state index contributed by atoms with van der Waals surface area (Å²) in [4.78, 5) is 22.8. The number of hydrogen-bond acceptors (Lipinski definition) is 7. The number of halogens is 3. The van der Waals surface area contributed by atoms with Crippen molar-refractivity contribution in [1.29, 1.82) is 0 Å². The maximum atomic E-state index is 13.2. The third-order valence-electron chi connectivity index (χ3n) is 3.54. The van der Waals surface area contributed by atoms with E-state index in [1.54, 1.807) is 11.6 Å². The average Bonchev–Trinajstić information content (AvgIpc) is 3.25. The summed E-state index contributed by atoms with van der Waals surface area (Å²) in [5.74, 6) is -0.282. The van der Waals surface area contributed by atoms with Crippen LogP contribution in [0.1, 0.15) is 5.56 Å².